The fourth-order valence-electron chi connectivity index (χ4n) is 1.49. The zero-order valence-corrected chi connectivity index (χ0v) is 12.7. The van der Waals surface area contributed by atoms with Gasteiger partial charge in [0.2, 0.25) is 0 Å². The molecule has 5 heteroatoms. The molecule has 0 aromatic heterocycles. The van der Waals surface area contributed by atoms with E-state index in [1.165, 1.54) is 0 Å². The molecule has 102 valence electrons. The van der Waals surface area contributed by atoms with Crippen LogP contribution < -0.4 is 10.1 Å². The van der Waals surface area contributed by atoms with E-state index in [0.29, 0.717) is 27.4 Å². The smallest absolute Gasteiger partial charge is 0.156 e. The Morgan fingerprint density at radius 1 is 1.06 bits per heavy atom. The van der Waals surface area contributed by atoms with Gasteiger partial charge in [-0.3, -0.25) is 0 Å². The molecule has 0 aliphatic heterocycles. The van der Waals surface area contributed by atoms with Crippen molar-refractivity contribution >= 4 is 34.8 Å². The van der Waals surface area contributed by atoms with Gasteiger partial charge in [0.1, 0.15) is 0 Å². The first-order chi connectivity index (χ1) is 8.65. The molecular weight excluding hydrogens is 293 g/mol. The summed E-state index contributed by atoms with van der Waals surface area (Å²) in [6.07, 6.45) is 3.20. The van der Waals surface area contributed by atoms with Crippen LogP contribution in [0.15, 0.2) is 12.1 Å². The molecule has 0 saturated heterocycles. The molecule has 18 heavy (non-hydrogen) atoms. The minimum Gasteiger partial charge on any atom is -0.490 e. The van der Waals surface area contributed by atoms with Crippen molar-refractivity contribution in [2.75, 3.05) is 19.7 Å². The number of hydrogen-bond donors (Lipinski definition) is 1. The van der Waals surface area contributed by atoms with Crippen LogP contribution in [-0.2, 0) is 0 Å². The molecule has 2 nitrogen and oxygen atoms in total. The van der Waals surface area contributed by atoms with Gasteiger partial charge in [-0.05, 0) is 44.5 Å². The molecule has 0 radical (unpaired) electrons. The Hall–Kier alpha value is -0.150. The number of hydrogen-bond acceptors (Lipinski definition) is 2. The number of rotatable bonds is 8. The van der Waals surface area contributed by atoms with E-state index >= 15 is 0 Å². The Kier molecular flexibility index (Phi) is 7.84. The molecular formula is C13H18Cl3NO. The third-order valence-corrected chi connectivity index (χ3v) is 3.16. The Labute approximate surface area is 124 Å². The van der Waals surface area contributed by atoms with Gasteiger partial charge in [-0.1, -0.05) is 41.7 Å². The summed E-state index contributed by atoms with van der Waals surface area (Å²) in [6.45, 7) is 4.84. The first-order valence-corrected chi connectivity index (χ1v) is 7.26. The summed E-state index contributed by atoms with van der Waals surface area (Å²) >= 11 is 17.8. The highest BCUT2D eigenvalue weighted by Gasteiger charge is 2.08. The topological polar surface area (TPSA) is 21.3 Å². The summed E-state index contributed by atoms with van der Waals surface area (Å²) in [7, 11) is 0. The summed E-state index contributed by atoms with van der Waals surface area (Å²) in [6, 6.07) is 3.26. The van der Waals surface area contributed by atoms with Gasteiger partial charge in [-0.2, -0.15) is 0 Å². The van der Waals surface area contributed by atoms with Crippen molar-refractivity contribution < 1.29 is 4.74 Å². The Morgan fingerprint density at radius 2 is 1.72 bits per heavy atom. The minimum absolute atomic E-state index is 0.455. The fraction of sp³-hybridized carbons (Fsp3) is 0.538. The van der Waals surface area contributed by atoms with Crippen LogP contribution in [0.25, 0.3) is 0 Å². The highest BCUT2D eigenvalue weighted by atomic mass is 35.5. The second-order valence-electron chi connectivity index (χ2n) is 4.00. The van der Waals surface area contributed by atoms with Crippen LogP contribution in [0.3, 0.4) is 0 Å². The second-order valence-corrected chi connectivity index (χ2v) is 5.25. The van der Waals surface area contributed by atoms with E-state index in [1.54, 1.807) is 12.1 Å². The van der Waals surface area contributed by atoms with E-state index in [4.69, 9.17) is 39.5 Å². The molecule has 1 aromatic carbocycles. The Balaban J connectivity index is 2.27. The Bertz CT molecular complexity index is 348. The molecule has 0 spiro atoms. The molecule has 0 bridgehead atoms. The van der Waals surface area contributed by atoms with Crippen LogP contribution in [0, 0.1) is 0 Å². The minimum atomic E-state index is 0.455. The van der Waals surface area contributed by atoms with E-state index < -0.39 is 0 Å². The van der Waals surface area contributed by atoms with Crippen molar-refractivity contribution in [2.45, 2.75) is 26.2 Å². The normalized spacial score (nSPS) is 10.7. The van der Waals surface area contributed by atoms with E-state index in [2.05, 4.69) is 12.2 Å². The van der Waals surface area contributed by atoms with E-state index in [9.17, 15) is 0 Å². The first kappa shape index (κ1) is 15.9. The van der Waals surface area contributed by atoms with Gasteiger partial charge >= 0.3 is 0 Å². The zero-order valence-electron chi connectivity index (χ0n) is 10.4. The van der Waals surface area contributed by atoms with E-state index in [-0.39, 0.29) is 0 Å². The molecule has 0 heterocycles. The maximum absolute atomic E-state index is 6.01. The summed E-state index contributed by atoms with van der Waals surface area (Å²) in [4.78, 5) is 0. The molecule has 1 N–H and O–H groups in total. The molecule has 0 unspecified atom stereocenters. The standard InChI is InChI=1S/C13H18Cl3NO/c1-2-5-17-6-3-4-7-18-13-11(15)8-10(14)9-12(13)16/h8-9,17H,2-7H2,1H3. The van der Waals surface area contributed by atoms with Crippen LogP contribution in [0.1, 0.15) is 26.2 Å². The molecule has 0 aliphatic carbocycles. The third-order valence-electron chi connectivity index (χ3n) is 2.38. The fourth-order valence-corrected chi connectivity index (χ4v) is 2.42. The molecule has 0 atom stereocenters. The predicted octanol–water partition coefficient (Wildman–Crippen LogP) is 4.81. The quantitative estimate of drug-likeness (QED) is 0.696. The highest BCUT2D eigenvalue weighted by molar-refractivity contribution is 6.40. The van der Waals surface area contributed by atoms with Gasteiger partial charge in [0.25, 0.3) is 0 Å². The molecule has 1 rings (SSSR count). The van der Waals surface area contributed by atoms with Crippen LogP contribution in [0.4, 0.5) is 0 Å². The maximum atomic E-state index is 6.01. The second kappa shape index (κ2) is 8.87. The maximum Gasteiger partial charge on any atom is 0.156 e. The number of ether oxygens (including phenoxy) is 1. The summed E-state index contributed by atoms with van der Waals surface area (Å²) in [5.41, 5.74) is 0. The van der Waals surface area contributed by atoms with Crippen LogP contribution in [0.5, 0.6) is 5.75 Å². The third kappa shape index (κ3) is 5.66. The van der Waals surface area contributed by atoms with Gasteiger partial charge < -0.3 is 10.1 Å². The average Bonchev–Trinajstić information content (AvgIpc) is 2.30. The average molecular weight is 311 g/mol. The highest BCUT2D eigenvalue weighted by Crippen LogP contribution is 2.35. The molecule has 0 amide bonds. The molecule has 0 saturated carbocycles. The van der Waals surface area contributed by atoms with Crippen molar-refractivity contribution in [3.8, 4) is 5.75 Å². The van der Waals surface area contributed by atoms with E-state index in [0.717, 1.165) is 32.4 Å². The van der Waals surface area contributed by atoms with Crippen molar-refractivity contribution in [1.29, 1.82) is 0 Å². The van der Waals surface area contributed by atoms with Gasteiger partial charge in [-0.15, -0.1) is 0 Å². The van der Waals surface area contributed by atoms with Gasteiger partial charge in [0.15, 0.2) is 5.75 Å². The van der Waals surface area contributed by atoms with Crippen LogP contribution >= 0.6 is 34.8 Å². The molecule has 0 aliphatic rings. The summed E-state index contributed by atoms with van der Waals surface area (Å²) < 4.78 is 5.58. The van der Waals surface area contributed by atoms with Crippen LogP contribution in [-0.4, -0.2) is 19.7 Å². The number of halogens is 3. The Morgan fingerprint density at radius 3 is 2.33 bits per heavy atom. The lowest BCUT2D eigenvalue weighted by molar-refractivity contribution is 0.306. The van der Waals surface area contributed by atoms with Gasteiger partial charge in [0.05, 0.1) is 16.7 Å². The van der Waals surface area contributed by atoms with Crippen molar-refractivity contribution in [1.82, 2.24) is 5.32 Å². The molecule has 0 fully saturated rings. The van der Waals surface area contributed by atoms with Crippen LogP contribution in [0.2, 0.25) is 15.1 Å². The largest absolute Gasteiger partial charge is 0.490 e. The lowest BCUT2D eigenvalue weighted by atomic mass is 10.3. The zero-order chi connectivity index (χ0) is 13.4. The lowest BCUT2D eigenvalue weighted by Gasteiger charge is -2.10. The number of unbranched alkanes of at least 4 members (excludes halogenated alkanes) is 1. The van der Waals surface area contributed by atoms with Crippen molar-refractivity contribution in [3.63, 3.8) is 0 Å². The van der Waals surface area contributed by atoms with Crippen molar-refractivity contribution in [2.24, 2.45) is 0 Å². The van der Waals surface area contributed by atoms with E-state index in [1.807, 2.05) is 0 Å². The first-order valence-electron chi connectivity index (χ1n) is 6.13. The SMILES string of the molecule is CCCNCCCCOc1c(Cl)cc(Cl)cc1Cl. The van der Waals surface area contributed by atoms with Gasteiger partial charge in [-0.25, -0.2) is 0 Å². The number of benzene rings is 1. The molecule has 1 aromatic rings. The number of nitrogens with one attached hydrogen (secondary N) is 1. The monoisotopic (exact) mass is 309 g/mol. The summed E-state index contributed by atoms with van der Waals surface area (Å²) in [5, 5.41) is 4.76. The van der Waals surface area contributed by atoms with Gasteiger partial charge in [0, 0.05) is 5.02 Å². The van der Waals surface area contributed by atoms with Crippen molar-refractivity contribution in [3.05, 3.63) is 27.2 Å². The predicted molar refractivity (Wildman–Crippen MR) is 79.4 cm³/mol. The lowest BCUT2D eigenvalue weighted by Crippen LogP contribution is -2.16. The summed E-state index contributed by atoms with van der Waals surface area (Å²) in [5.74, 6) is 0.518.